The first-order chi connectivity index (χ1) is 13.5. The van der Waals surface area contributed by atoms with Gasteiger partial charge in [-0.25, -0.2) is 9.97 Å². The van der Waals surface area contributed by atoms with E-state index in [-0.39, 0.29) is 16.5 Å². The molecule has 0 aliphatic heterocycles. The molecule has 2 N–H and O–H groups in total. The molecule has 1 aromatic heterocycles. The topological polar surface area (TPSA) is 110 Å². The van der Waals surface area contributed by atoms with Gasteiger partial charge in [-0.3, -0.25) is 25.8 Å². The average Bonchev–Trinajstić information content (AvgIpc) is 2.68. The number of aryl methyl sites for hydroxylation is 1. The third kappa shape index (κ3) is 4.56. The molecular formula is C18H14ClN5O3S. The van der Waals surface area contributed by atoms with E-state index in [9.17, 15) is 14.9 Å². The number of rotatable bonds is 6. The standard InChI is InChI=1S/C18H14ClN5O3S/c1-11-4-2-3-5-14(11)17(25)23-22-16-15(24(26)27)18(21-10-20-16)28-13-8-6-12(19)7-9-13/h2-10H,1H3,(H,23,25)(H,20,21,22). The number of hydrazine groups is 1. The maximum atomic E-state index is 12.3. The molecule has 28 heavy (non-hydrogen) atoms. The molecule has 0 bridgehead atoms. The number of amides is 1. The van der Waals surface area contributed by atoms with E-state index in [4.69, 9.17) is 11.6 Å². The van der Waals surface area contributed by atoms with Crippen molar-refractivity contribution in [3.8, 4) is 0 Å². The summed E-state index contributed by atoms with van der Waals surface area (Å²) in [4.78, 5) is 31.9. The second-order valence-corrected chi connectivity index (χ2v) is 7.08. The normalized spacial score (nSPS) is 10.4. The summed E-state index contributed by atoms with van der Waals surface area (Å²) in [6.45, 7) is 1.79. The van der Waals surface area contributed by atoms with Crippen LogP contribution in [0, 0.1) is 17.0 Å². The molecule has 3 rings (SSSR count). The van der Waals surface area contributed by atoms with E-state index >= 15 is 0 Å². The fourth-order valence-corrected chi connectivity index (χ4v) is 3.31. The molecule has 142 valence electrons. The molecule has 1 heterocycles. The number of benzene rings is 2. The molecule has 0 saturated heterocycles. The summed E-state index contributed by atoms with van der Waals surface area (Å²) in [6, 6.07) is 13.8. The predicted molar refractivity (Wildman–Crippen MR) is 107 cm³/mol. The SMILES string of the molecule is Cc1ccccc1C(=O)NNc1ncnc(Sc2ccc(Cl)cc2)c1[N+](=O)[O-]. The molecule has 0 radical (unpaired) electrons. The van der Waals surface area contributed by atoms with Crippen molar-refractivity contribution >= 4 is 40.8 Å². The summed E-state index contributed by atoms with van der Waals surface area (Å²) in [5.41, 5.74) is 5.85. The Bertz CT molecular complexity index is 1030. The van der Waals surface area contributed by atoms with Crippen molar-refractivity contribution in [2.24, 2.45) is 0 Å². The van der Waals surface area contributed by atoms with Crippen molar-refractivity contribution in [1.29, 1.82) is 0 Å². The number of carbonyl (C=O) groups is 1. The smallest absolute Gasteiger partial charge is 0.276 e. The summed E-state index contributed by atoms with van der Waals surface area (Å²) < 4.78 is 0. The van der Waals surface area contributed by atoms with Crippen LogP contribution in [0.1, 0.15) is 15.9 Å². The zero-order valence-corrected chi connectivity index (χ0v) is 16.1. The fourth-order valence-electron chi connectivity index (χ4n) is 2.32. The van der Waals surface area contributed by atoms with E-state index in [1.165, 1.54) is 6.33 Å². The highest BCUT2D eigenvalue weighted by molar-refractivity contribution is 7.99. The summed E-state index contributed by atoms with van der Waals surface area (Å²) in [6.07, 6.45) is 1.19. The Morgan fingerprint density at radius 1 is 1.14 bits per heavy atom. The molecule has 0 fully saturated rings. The van der Waals surface area contributed by atoms with Gasteiger partial charge in [0.2, 0.25) is 5.82 Å². The Morgan fingerprint density at radius 3 is 2.54 bits per heavy atom. The van der Waals surface area contributed by atoms with Gasteiger partial charge in [0.25, 0.3) is 5.91 Å². The zero-order valence-electron chi connectivity index (χ0n) is 14.5. The molecule has 2 aromatic carbocycles. The van der Waals surface area contributed by atoms with Crippen molar-refractivity contribution < 1.29 is 9.72 Å². The van der Waals surface area contributed by atoms with Gasteiger partial charge in [0.15, 0.2) is 5.03 Å². The van der Waals surface area contributed by atoms with Crippen LogP contribution in [0.15, 0.2) is 64.8 Å². The van der Waals surface area contributed by atoms with Gasteiger partial charge >= 0.3 is 5.69 Å². The van der Waals surface area contributed by atoms with E-state index < -0.39 is 10.8 Å². The summed E-state index contributed by atoms with van der Waals surface area (Å²) >= 11 is 6.96. The maximum absolute atomic E-state index is 12.3. The third-order valence-corrected chi connectivity index (χ3v) is 4.94. The minimum absolute atomic E-state index is 0.113. The summed E-state index contributed by atoms with van der Waals surface area (Å²) in [5.74, 6) is -0.545. The van der Waals surface area contributed by atoms with Crippen molar-refractivity contribution in [2.45, 2.75) is 16.8 Å². The highest BCUT2D eigenvalue weighted by atomic mass is 35.5. The minimum Gasteiger partial charge on any atom is -0.276 e. The Kier molecular flexibility index (Phi) is 6.07. The lowest BCUT2D eigenvalue weighted by molar-refractivity contribution is -0.387. The van der Waals surface area contributed by atoms with Gasteiger partial charge < -0.3 is 0 Å². The number of nitrogens with one attached hydrogen (secondary N) is 2. The van der Waals surface area contributed by atoms with Crippen LogP contribution >= 0.6 is 23.4 Å². The highest BCUT2D eigenvalue weighted by Crippen LogP contribution is 2.36. The number of hydrogen-bond acceptors (Lipinski definition) is 7. The second kappa shape index (κ2) is 8.68. The maximum Gasteiger partial charge on any atom is 0.345 e. The van der Waals surface area contributed by atoms with Crippen LogP contribution in [-0.2, 0) is 0 Å². The number of nitrogens with zero attached hydrogens (tertiary/aromatic N) is 3. The van der Waals surface area contributed by atoms with E-state index in [0.717, 1.165) is 22.2 Å². The van der Waals surface area contributed by atoms with Gasteiger partial charge in [-0.2, -0.15) is 0 Å². The van der Waals surface area contributed by atoms with Crippen LogP contribution in [0.3, 0.4) is 0 Å². The fraction of sp³-hybridized carbons (Fsp3) is 0.0556. The third-order valence-electron chi connectivity index (χ3n) is 3.68. The predicted octanol–water partition coefficient (Wildman–Crippen LogP) is 4.25. The van der Waals surface area contributed by atoms with Crippen LogP contribution in [0.4, 0.5) is 11.5 Å². The highest BCUT2D eigenvalue weighted by Gasteiger charge is 2.24. The Balaban J connectivity index is 1.83. The van der Waals surface area contributed by atoms with Crippen molar-refractivity contribution in [3.63, 3.8) is 0 Å². The van der Waals surface area contributed by atoms with Crippen molar-refractivity contribution in [1.82, 2.24) is 15.4 Å². The Morgan fingerprint density at radius 2 is 1.86 bits per heavy atom. The van der Waals surface area contributed by atoms with Gasteiger partial charge in [-0.15, -0.1) is 0 Å². The molecule has 0 aliphatic carbocycles. The molecule has 0 atom stereocenters. The lowest BCUT2D eigenvalue weighted by Crippen LogP contribution is -2.30. The van der Waals surface area contributed by atoms with Gasteiger partial charge in [0.1, 0.15) is 6.33 Å². The van der Waals surface area contributed by atoms with Gasteiger partial charge in [0, 0.05) is 15.5 Å². The summed E-state index contributed by atoms with van der Waals surface area (Å²) in [7, 11) is 0. The Hall–Kier alpha value is -3.17. The molecule has 3 aromatic rings. The van der Waals surface area contributed by atoms with Crippen molar-refractivity contribution in [2.75, 3.05) is 5.43 Å². The largest absolute Gasteiger partial charge is 0.345 e. The number of carbonyl (C=O) groups excluding carboxylic acids is 1. The first-order valence-electron chi connectivity index (χ1n) is 8.00. The van der Waals surface area contributed by atoms with Crippen LogP contribution in [0.2, 0.25) is 5.02 Å². The minimum atomic E-state index is -0.597. The molecule has 8 nitrogen and oxygen atoms in total. The molecule has 0 saturated carbocycles. The van der Waals surface area contributed by atoms with E-state index in [0.29, 0.717) is 10.6 Å². The monoisotopic (exact) mass is 415 g/mol. The van der Waals surface area contributed by atoms with Crippen LogP contribution in [0.5, 0.6) is 0 Å². The van der Waals surface area contributed by atoms with Gasteiger partial charge in [-0.05, 0) is 42.8 Å². The first kappa shape index (κ1) is 19.6. The molecule has 0 spiro atoms. The number of hydrogen-bond donors (Lipinski definition) is 2. The molecule has 0 unspecified atom stereocenters. The van der Waals surface area contributed by atoms with Crippen LogP contribution in [0.25, 0.3) is 0 Å². The first-order valence-corrected chi connectivity index (χ1v) is 9.20. The lowest BCUT2D eigenvalue weighted by Gasteiger charge is -2.10. The number of halogens is 1. The van der Waals surface area contributed by atoms with Gasteiger partial charge in [0.05, 0.1) is 4.92 Å². The van der Waals surface area contributed by atoms with Gasteiger partial charge in [-0.1, -0.05) is 41.6 Å². The lowest BCUT2D eigenvalue weighted by atomic mass is 10.1. The zero-order chi connectivity index (χ0) is 20.1. The number of anilines is 1. The quantitative estimate of drug-likeness (QED) is 0.351. The molecule has 10 heteroatoms. The molecule has 1 amide bonds. The number of nitro groups is 1. The molecule has 0 aliphatic rings. The average molecular weight is 416 g/mol. The van der Waals surface area contributed by atoms with E-state index in [1.54, 1.807) is 49.4 Å². The van der Waals surface area contributed by atoms with E-state index in [2.05, 4.69) is 20.8 Å². The summed E-state index contributed by atoms with van der Waals surface area (Å²) in [5, 5.41) is 12.3. The van der Waals surface area contributed by atoms with Crippen molar-refractivity contribution in [3.05, 3.63) is 81.1 Å². The Labute approximate surface area is 169 Å². The van der Waals surface area contributed by atoms with Crippen LogP contribution < -0.4 is 10.9 Å². The molecular weight excluding hydrogens is 402 g/mol. The van der Waals surface area contributed by atoms with E-state index in [1.807, 2.05) is 6.07 Å². The van der Waals surface area contributed by atoms with Crippen LogP contribution in [-0.4, -0.2) is 20.8 Å². The second-order valence-electron chi connectivity index (χ2n) is 5.58. The number of aromatic nitrogens is 2.